The summed E-state index contributed by atoms with van der Waals surface area (Å²) < 4.78 is 0. The van der Waals surface area contributed by atoms with Crippen LogP contribution in [0.25, 0.3) is 0 Å². The number of aromatic amines is 1. The molecule has 0 aromatic carbocycles. The van der Waals surface area contributed by atoms with E-state index in [1.54, 1.807) is 12.4 Å². The SMILES string of the molecule is CC(C)N1CC(NCc2ncc[nH]2)CC1=O. The average molecular weight is 222 g/mol. The fourth-order valence-corrected chi connectivity index (χ4v) is 2.00. The van der Waals surface area contributed by atoms with Gasteiger partial charge in [0.05, 0.1) is 6.54 Å². The summed E-state index contributed by atoms with van der Waals surface area (Å²) in [6, 6.07) is 0.544. The first-order valence-electron chi connectivity index (χ1n) is 5.68. The molecule has 5 nitrogen and oxygen atoms in total. The van der Waals surface area contributed by atoms with Crippen molar-refractivity contribution in [2.75, 3.05) is 6.54 Å². The van der Waals surface area contributed by atoms with Gasteiger partial charge in [-0.25, -0.2) is 4.98 Å². The Bertz CT molecular complexity index is 347. The van der Waals surface area contributed by atoms with Crippen LogP contribution in [0.5, 0.6) is 0 Å². The van der Waals surface area contributed by atoms with Gasteiger partial charge >= 0.3 is 0 Å². The molecule has 2 heterocycles. The lowest BCUT2D eigenvalue weighted by Gasteiger charge is -2.21. The lowest BCUT2D eigenvalue weighted by Crippen LogP contribution is -2.36. The largest absolute Gasteiger partial charge is 0.348 e. The summed E-state index contributed by atoms with van der Waals surface area (Å²) in [7, 11) is 0. The fraction of sp³-hybridized carbons (Fsp3) is 0.636. The Hall–Kier alpha value is -1.36. The van der Waals surface area contributed by atoms with Crippen LogP contribution in [0.15, 0.2) is 12.4 Å². The molecule has 16 heavy (non-hydrogen) atoms. The van der Waals surface area contributed by atoms with Gasteiger partial charge in [-0.1, -0.05) is 0 Å². The minimum absolute atomic E-state index is 0.243. The number of amides is 1. The molecule has 1 aromatic heterocycles. The van der Waals surface area contributed by atoms with Crippen LogP contribution >= 0.6 is 0 Å². The first kappa shape index (κ1) is 11.1. The Labute approximate surface area is 95.2 Å². The predicted molar refractivity (Wildman–Crippen MR) is 60.7 cm³/mol. The summed E-state index contributed by atoms with van der Waals surface area (Å²) in [5.41, 5.74) is 0. The van der Waals surface area contributed by atoms with Gasteiger partial charge in [0.1, 0.15) is 5.82 Å². The maximum atomic E-state index is 11.6. The van der Waals surface area contributed by atoms with E-state index in [1.165, 1.54) is 0 Å². The van der Waals surface area contributed by atoms with E-state index in [0.717, 1.165) is 12.4 Å². The molecular formula is C11H18N4O. The van der Waals surface area contributed by atoms with Gasteiger partial charge in [-0.3, -0.25) is 4.79 Å². The minimum Gasteiger partial charge on any atom is -0.348 e. The molecule has 0 aliphatic carbocycles. The average Bonchev–Trinajstić information content (AvgIpc) is 2.83. The standard InChI is InChI=1S/C11H18N4O/c1-8(2)15-7-9(5-11(15)16)14-6-10-12-3-4-13-10/h3-4,8-9,14H,5-7H2,1-2H3,(H,12,13). The van der Waals surface area contributed by atoms with Crippen LogP contribution in [0.4, 0.5) is 0 Å². The lowest BCUT2D eigenvalue weighted by atomic mass is 10.2. The van der Waals surface area contributed by atoms with Gasteiger partial charge in [0.2, 0.25) is 5.91 Å². The van der Waals surface area contributed by atoms with Crippen molar-refractivity contribution in [1.82, 2.24) is 20.2 Å². The second-order valence-corrected chi connectivity index (χ2v) is 4.46. The van der Waals surface area contributed by atoms with Crippen molar-refractivity contribution in [2.24, 2.45) is 0 Å². The molecular weight excluding hydrogens is 204 g/mol. The third kappa shape index (κ3) is 2.41. The molecule has 2 N–H and O–H groups in total. The normalized spacial score (nSPS) is 21.1. The molecule has 0 saturated carbocycles. The molecule has 1 fully saturated rings. The molecule has 0 radical (unpaired) electrons. The molecule has 1 unspecified atom stereocenters. The van der Waals surface area contributed by atoms with Gasteiger partial charge in [-0.05, 0) is 13.8 Å². The van der Waals surface area contributed by atoms with Crippen molar-refractivity contribution in [1.29, 1.82) is 0 Å². The van der Waals surface area contributed by atoms with Gasteiger partial charge in [0.25, 0.3) is 0 Å². The number of hydrogen-bond acceptors (Lipinski definition) is 3. The third-order valence-corrected chi connectivity index (χ3v) is 2.89. The molecule has 2 rings (SSSR count). The lowest BCUT2D eigenvalue weighted by molar-refractivity contribution is -0.129. The van der Waals surface area contributed by atoms with Crippen molar-refractivity contribution < 1.29 is 4.79 Å². The van der Waals surface area contributed by atoms with Crippen LogP contribution in [0.1, 0.15) is 26.1 Å². The second kappa shape index (κ2) is 4.65. The van der Waals surface area contributed by atoms with Crippen LogP contribution in [-0.4, -0.2) is 39.4 Å². The Morgan fingerprint density at radius 1 is 1.69 bits per heavy atom. The number of nitrogens with one attached hydrogen (secondary N) is 2. The topological polar surface area (TPSA) is 61.0 Å². The monoisotopic (exact) mass is 222 g/mol. The fourth-order valence-electron chi connectivity index (χ4n) is 2.00. The molecule has 1 aliphatic rings. The second-order valence-electron chi connectivity index (χ2n) is 4.46. The van der Waals surface area contributed by atoms with Gasteiger partial charge in [-0.15, -0.1) is 0 Å². The Balaban J connectivity index is 1.82. The van der Waals surface area contributed by atoms with Crippen molar-refractivity contribution in [2.45, 2.75) is 38.9 Å². The maximum absolute atomic E-state index is 11.6. The maximum Gasteiger partial charge on any atom is 0.224 e. The van der Waals surface area contributed by atoms with E-state index in [2.05, 4.69) is 15.3 Å². The van der Waals surface area contributed by atoms with E-state index in [0.29, 0.717) is 19.0 Å². The molecule has 1 amide bonds. The highest BCUT2D eigenvalue weighted by atomic mass is 16.2. The number of imidazole rings is 1. The highest BCUT2D eigenvalue weighted by Crippen LogP contribution is 2.14. The number of rotatable bonds is 4. The predicted octanol–water partition coefficient (Wildman–Crippen LogP) is 0.509. The summed E-state index contributed by atoms with van der Waals surface area (Å²) >= 11 is 0. The van der Waals surface area contributed by atoms with Crippen LogP contribution in [0, 0.1) is 0 Å². The van der Waals surface area contributed by atoms with E-state index in [9.17, 15) is 4.79 Å². The highest BCUT2D eigenvalue weighted by molar-refractivity contribution is 5.79. The molecule has 0 spiro atoms. The summed E-state index contributed by atoms with van der Waals surface area (Å²) in [6.45, 7) is 5.59. The Morgan fingerprint density at radius 2 is 2.50 bits per heavy atom. The number of aromatic nitrogens is 2. The molecule has 88 valence electrons. The zero-order valence-electron chi connectivity index (χ0n) is 9.73. The van der Waals surface area contributed by atoms with Crippen LogP contribution in [0.3, 0.4) is 0 Å². The summed E-state index contributed by atoms with van der Waals surface area (Å²) in [4.78, 5) is 20.7. The number of hydrogen-bond donors (Lipinski definition) is 2. The molecule has 1 atom stereocenters. The van der Waals surface area contributed by atoms with Crippen molar-refractivity contribution in [3.63, 3.8) is 0 Å². The van der Waals surface area contributed by atoms with E-state index >= 15 is 0 Å². The minimum atomic E-state index is 0.243. The zero-order valence-corrected chi connectivity index (χ0v) is 9.73. The van der Waals surface area contributed by atoms with E-state index in [-0.39, 0.29) is 11.9 Å². The Kier molecular flexibility index (Phi) is 3.24. The van der Waals surface area contributed by atoms with E-state index in [1.807, 2.05) is 18.7 Å². The first-order chi connectivity index (χ1) is 7.66. The van der Waals surface area contributed by atoms with Crippen LogP contribution in [0.2, 0.25) is 0 Å². The summed E-state index contributed by atoms with van der Waals surface area (Å²) in [5.74, 6) is 1.15. The molecule has 1 aromatic rings. The Morgan fingerprint density at radius 3 is 3.06 bits per heavy atom. The highest BCUT2D eigenvalue weighted by Gasteiger charge is 2.30. The first-order valence-corrected chi connectivity index (χ1v) is 5.68. The van der Waals surface area contributed by atoms with E-state index < -0.39 is 0 Å². The summed E-state index contributed by atoms with van der Waals surface area (Å²) in [5, 5.41) is 3.34. The van der Waals surface area contributed by atoms with Gasteiger partial charge < -0.3 is 15.2 Å². The number of carbonyl (C=O) groups is 1. The van der Waals surface area contributed by atoms with Gasteiger partial charge in [-0.2, -0.15) is 0 Å². The number of carbonyl (C=O) groups excluding carboxylic acids is 1. The molecule has 0 bridgehead atoms. The molecule has 1 saturated heterocycles. The third-order valence-electron chi connectivity index (χ3n) is 2.89. The summed E-state index contributed by atoms with van der Waals surface area (Å²) in [6.07, 6.45) is 4.13. The van der Waals surface area contributed by atoms with Gasteiger partial charge in [0, 0.05) is 37.4 Å². The number of nitrogens with zero attached hydrogens (tertiary/aromatic N) is 2. The zero-order chi connectivity index (χ0) is 11.5. The smallest absolute Gasteiger partial charge is 0.224 e. The number of H-pyrrole nitrogens is 1. The van der Waals surface area contributed by atoms with Crippen molar-refractivity contribution in [3.8, 4) is 0 Å². The van der Waals surface area contributed by atoms with Crippen molar-refractivity contribution in [3.05, 3.63) is 18.2 Å². The van der Waals surface area contributed by atoms with Crippen molar-refractivity contribution >= 4 is 5.91 Å². The quantitative estimate of drug-likeness (QED) is 0.780. The van der Waals surface area contributed by atoms with Gasteiger partial charge in [0.15, 0.2) is 0 Å². The van der Waals surface area contributed by atoms with Crippen LogP contribution in [-0.2, 0) is 11.3 Å². The number of likely N-dealkylation sites (tertiary alicyclic amines) is 1. The van der Waals surface area contributed by atoms with E-state index in [4.69, 9.17) is 0 Å². The van der Waals surface area contributed by atoms with Crippen LogP contribution < -0.4 is 5.32 Å². The molecule has 5 heteroatoms. The molecule has 1 aliphatic heterocycles.